The van der Waals surface area contributed by atoms with E-state index >= 15 is 0 Å². The van der Waals surface area contributed by atoms with Crippen LogP contribution in [-0.2, 0) is 14.6 Å². The van der Waals surface area contributed by atoms with Crippen molar-refractivity contribution in [3.8, 4) is 5.75 Å². The number of alkyl halides is 3. The number of anilines is 2. The van der Waals surface area contributed by atoms with E-state index in [4.69, 9.17) is 11.6 Å². The minimum absolute atomic E-state index is 0.000432. The van der Waals surface area contributed by atoms with Crippen LogP contribution in [0.2, 0.25) is 5.02 Å². The van der Waals surface area contributed by atoms with Gasteiger partial charge in [0.05, 0.1) is 26.9 Å². The Labute approximate surface area is 216 Å². The summed E-state index contributed by atoms with van der Waals surface area (Å²) in [4.78, 5) is 12.9. The first-order valence-electron chi connectivity index (χ1n) is 11.0. The molecule has 1 aliphatic carbocycles. The molecule has 2 aromatic rings. The quantitative estimate of drug-likeness (QED) is 0.239. The summed E-state index contributed by atoms with van der Waals surface area (Å²) in [6.45, 7) is 3.28. The number of halogens is 4. The second-order valence-corrected chi connectivity index (χ2v) is 10.8. The molecule has 12 heteroatoms. The van der Waals surface area contributed by atoms with Crippen molar-refractivity contribution >= 4 is 38.7 Å². The molecule has 0 radical (unpaired) electrons. The standard InChI is InChI=1S/C25H24ClF3N2O5S/c1-3-22(37(35,36)17-6-4-5-14(2)11-17)24(34)30-19-13-21(32)20(12-18(19)26)31-23(33)15-7-9-16(10-8-15)25(27,28)29/h4-7,9-13,22,31-33H,3,8H2,1-2H3,(H,30,34). The molecule has 7 nitrogen and oxygen atoms in total. The summed E-state index contributed by atoms with van der Waals surface area (Å²) < 4.78 is 64.4. The summed E-state index contributed by atoms with van der Waals surface area (Å²) in [5.41, 5.74) is -0.162. The van der Waals surface area contributed by atoms with Gasteiger partial charge >= 0.3 is 6.18 Å². The maximum atomic E-state index is 13.0. The first-order valence-corrected chi connectivity index (χ1v) is 12.9. The molecule has 2 aromatic carbocycles. The summed E-state index contributed by atoms with van der Waals surface area (Å²) in [5.74, 6) is -1.82. The Morgan fingerprint density at radius 3 is 2.41 bits per heavy atom. The van der Waals surface area contributed by atoms with Crippen LogP contribution in [0.5, 0.6) is 5.75 Å². The zero-order valence-electron chi connectivity index (χ0n) is 19.7. The molecular weight excluding hydrogens is 533 g/mol. The smallest absolute Gasteiger partial charge is 0.416 e. The van der Waals surface area contributed by atoms with Crippen LogP contribution in [0.1, 0.15) is 25.3 Å². The average Bonchev–Trinajstić information content (AvgIpc) is 2.82. The van der Waals surface area contributed by atoms with Crippen LogP contribution in [0.15, 0.2) is 76.6 Å². The number of allylic oxidation sites excluding steroid dienone is 5. The van der Waals surface area contributed by atoms with Crippen molar-refractivity contribution in [1.82, 2.24) is 0 Å². The van der Waals surface area contributed by atoms with Crippen LogP contribution in [0, 0.1) is 6.92 Å². The lowest BCUT2D eigenvalue weighted by Crippen LogP contribution is -2.34. The largest absolute Gasteiger partial charge is 0.506 e. The van der Waals surface area contributed by atoms with Crippen molar-refractivity contribution in [2.75, 3.05) is 10.6 Å². The molecule has 1 amide bonds. The summed E-state index contributed by atoms with van der Waals surface area (Å²) in [6, 6.07) is 8.40. The van der Waals surface area contributed by atoms with Crippen LogP contribution in [0.3, 0.4) is 0 Å². The molecule has 0 heterocycles. The lowest BCUT2D eigenvalue weighted by atomic mass is 10.0. The summed E-state index contributed by atoms with van der Waals surface area (Å²) >= 11 is 6.22. The van der Waals surface area contributed by atoms with Gasteiger partial charge in [-0.25, -0.2) is 8.42 Å². The highest BCUT2D eigenvalue weighted by molar-refractivity contribution is 7.92. The van der Waals surface area contributed by atoms with E-state index in [-0.39, 0.29) is 39.7 Å². The number of phenols is 1. The number of aryl methyl sites for hydroxylation is 1. The Morgan fingerprint density at radius 1 is 1.14 bits per heavy atom. The van der Waals surface area contributed by atoms with E-state index in [0.717, 1.165) is 24.3 Å². The molecule has 3 rings (SSSR count). The van der Waals surface area contributed by atoms with Gasteiger partial charge in [-0.15, -0.1) is 0 Å². The monoisotopic (exact) mass is 556 g/mol. The molecule has 0 aliphatic heterocycles. The number of amides is 1. The Balaban J connectivity index is 1.79. The van der Waals surface area contributed by atoms with Gasteiger partial charge in [0.25, 0.3) is 0 Å². The highest BCUT2D eigenvalue weighted by Crippen LogP contribution is 2.36. The summed E-state index contributed by atoms with van der Waals surface area (Å²) in [5, 5.41) is 24.0. The number of sulfone groups is 1. The van der Waals surface area contributed by atoms with Crippen LogP contribution in [-0.4, -0.2) is 36.0 Å². The first-order chi connectivity index (χ1) is 17.2. The predicted molar refractivity (Wildman–Crippen MR) is 135 cm³/mol. The van der Waals surface area contributed by atoms with Crippen molar-refractivity contribution in [3.05, 3.63) is 82.2 Å². The van der Waals surface area contributed by atoms with Gasteiger partial charge < -0.3 is 20.8 Å². The van der Waals surface area contributed by atoms with Gasteiger partial charge in [-0.1, -0.05) is 42.8 Å². The second-order valence-electron chi connectivity index (χ2n) is 8.29. The number of carbonyl (C=O) groups is 1. The molecule has 1 aliphatic rings. The predicted octanol–water partition coefficient (Wildman–Crippen LogP) is 6.18. The number of aliphatic hydroxyl groups is 1. The molecule has 0 fully saturated rings. The summed E-state index contributed by atoms with van der Waals surface area (Å²) in [6.07, 6.45) is -1.92. The zero-order valence-corrected chi connectivity index (χ0v) is 21.3. The van der Waals surface area contributed by atoms with Crippen molar-refractivity contribution in [2.45, 2.75) is 43.0 Å². The molecule has 0 aromatic heterocycles. The van der Waals surface area contributed by atoms with E-state index in [0.29, 0.717) is 5.56 Å². The maximum absolute atomic E-state index is 13.0. The summed E-state index contributed by atoms with van der Waals surface area (Å²) in [7, 11) is -4.02. The number of aliphatic hydroxyl groups excluding tert-OH is 1. The van der Waals surface area contributed by atoms with Crippen molar-refractivity contribution in [2.24, 2.45) is 0 Å². The van der Waals surface area contributed by atoms with Gasteiger partial charge in [0.2, 0.25) is 5.91 Å². The van der Waals surface area contributed by atoms with Gasteiger partial charge in [0.15, 0.2) is 15.7 Å². The maximum Gasteiger partial charge on any atom is 0.416 e. The molecule has 0 saturated heterocycles. The van der Waals surface area contributed by atoms with E-state index in [1.54, 1.807) is 26.0 Å². The minimum Gasteiger partial charge on any atom is -0.506 e. The van der Waals surface area contributed by atoms with E-state index in [9.17, 15) is 36.6 Å². The van der Waals surface area contributed by atoms with Crippen molar-refractivity contribution < 1.29 is 36.6 Å². The minimum atomic E-state index is -4.51. The topological polar surface area (TPSA) is 116 Å². The third kappa shape index (κ3) is 6.47. The third-order valence-corrected chi connectivity index (χ3v) is 8.11. The molecule has 4 N–H and O–H groups in total. The van der Waals surface area contributed by atoms with Crippen molar-refractivity contribution in [3.63, 3.8) is 0 Å². The van der Waals surface area contributed by atoms with E-state index in [1.165, 1.54) is 18.2 Å². The Morgan fingerprint density at radius 2 is 1.84 bits per heavy atom. The average molecular weight is 557 g/mol. The Kier molecular flexibility index (Phi) is 8.28. The zero-order chi connectivity index (χ0) is 27.5. The molecule has 0 spiro atoms. The normalized spacial score (nSPS) is 16.1. The SMILES string of the molecule is CCC(C(=O)Nc1cc(O)c(NC(O)=C2C=CC(C(F)(F)F)=CC2)cc1Cl)S(=O)(=O)c1cccc(C)c1. The molecule has 0 saturated carbocycles. The van der Waals surface area contributed by atoms with Gasteiger partial charge in [0.1, 0.15) is 11.0 Å². The molecular formula is C25H24ClF3N2O5S. The van der Waals surface area contributed by atoms with E-state index in [1.807, 2.05) is 0 Å². The van der Waals surface area contributed by atoms with Gasteiger partial charge in [-0.3, -0.25) is 4.79 Å². The number of nitrogens with one attached hydrogen (secondary N) is 2. The van der Waals surface area contributed by atoms with Crippen LogP contribution in [0.25, 0.3) is 0 Å². The number of carbonyl (C=O) groups excluding carboxylic acids is 1. The fourth-order valence-corrected chi connectivity index (χ4v) is 5.55. The fourth-order valence-electron chi connectivity index (χ4n) is 3.61. The Bertz CT molecular complexity index is 1420. The number of hydrogen-bond donors (Lipinski definition) is 4. The van der Waals surface area contributed by atoms with Crippen LogP contribution in [0.4, 0.5) is 24.5 Å². The fraction of sp³-hybridized carbons (Fsp3) is 0.240. The highest BCUT2D eigenvalue weighted by atomic mass is 35.5. The van der Waals surface area contributed by atoms with E-state index < -0.39 is 44.4 Å². The van der Waals surface area contributed by atoms with Crippen LogP contribution >= 0.6 is 11.6 Å². The molecule has 37 heavy (non-hydrogen) atoms. The Hall–Kier alpha value is -3.44. The second kappa shape index (κ2) is 10.9. The van der Waals surface area contributed by atoms with E-state index in [2.05, 4.69) is 10.6 Å². The molecule has 0 bridgehead atoms. The number of phenolic OH excluding ortho intramolecular Hbond substituents is 1. The van der Waals surface area contributed by atoms with Gasteiger partial charge in [-0.05, 0) is 49.6 Å². The molecule has 1 unspecified atom stereocenters. The van der Waals surface area contributed by atoms with Crippen molar-refractivity contribution in [1.29, 1.82) is 0 Å². The molecule has 1 atom stereocenters. The lowest BCUT2D eigenvalue weighted by molar-refractivity contribution is -0.115. The van der Waals surface area contributed by atoms with Gasteiger partial charge in [0, 0.05) is 11.6 Å². The van der Waals surface area contributed by atoms with Crippen LogP contribution < -0.4 is 10.6 Å². The number of rotatable bonds is 7. The molecule has 198 valence electrons. The number of aromatic hydroxyl groups is 1. The highest BCUT2D eigenvalue weighted by Gasteiger charge is 2.34. The third-order valence-electron chi connectivity index (χ3n) is 5.59. The van der Waals surface area contributed by atoms with Gasteiger partial charge in [-0.2, -0.15) is 13.2 Å². The lowest BCUT2D eigenvalue weighted by Gasteiger charge is -2.18. The number of hydrogen-bond acceptors (Lipinski definition) is 6. The number of benzene rings is 2. The first kappa shape index (κ1) is 28.1.